The molecule has 2 saturated heterocycles. The molecule has 1 atom stereocenters. The van der Waals surface area contributed by atoms with Gasteiger partial charge in [0.2, 0.25) is 0 Å². The summed E-state index contributed by atoms with van der Waals surface area (Å²) in [7, 11) is 1.67. The highest BCUT2D eigenvalue weighted by molar-refractivity contribution is 5.78. The Kier molecular flexibility index (Phi) is 5.79. The first kappa shape index (κ1) is 17.6. The molecule has 2 heterocycles. The predicted molar refractivity (Wildman–Crippen MR) is 95.4 cm³/mol. The molecule has 25 heavy (non-hydrogen) atoms. The molecule has 2 aliphatic rings. The van der Waals surface area contributed by atoms with Crippen LogP contribution in [0.3, 0.4) is 0 Å². The van der Waals surface area contributed by atoms with Crippen LogP contribution in [0.1, 0.15) is 19.3 Å². The summed E-state index contributed by atoms with van der Waals surface area (Å²) in [5.41, 5.74) is 0. The molecule has 0 aromatic heterocycles. The van der Waals surface area contributed by atoms with Crippen molar-refractivity contribution < 1.29 is 14.3 Å². The van der Waals surface area contributed by atoms with Crippen molar-refractivity contribution in [2.75, 3.05) is 39.8 Å². The largest absolute Gasteiger partial charge is 0.484 e. The van der Waals surface area contributed by atoms with Crippen LogP contribution in [0, 0.1) is 11.8 Å². The number of nitrogens with one attached hydrogen (secondary N) is 1. The quantitative estimate of drug-likeness (QED) is 0.907. The van der Waals surface area contributed by atoms with Gasteiger partial charge < -0.3 is 19.9 Å². The lowest BCUT2D eigenvalue weighted by atomic mass is 9.84. The fourth-order valence-electron chi connectivity index (χ4n) is 3.88. The van der Waals surface area contributed by atoms with Crippen LogP contribution in [0.2, 0.25) is 0 Å². The summed E-state index contributed by atoms with van der Waals surface area (Å²) in [5.74, 6) is 1.95. The molecule has 0 radical (unpaired) electrons. The highest BCUT2D eigenvalue weighted by Crippen LogP contribution is 2.32. The molecule has 6 nitrogen and oxygen atoms in total. The van der Waals surface area contributed by atoms with E-state index in [-0.39, 0.29) is 18.5 Å². The predicted octanol–water partition coefficient (Wildman–Crippen LogP) is 1.97. The van der Waals surface area contributed by atoms with Crippen LogP contribution in [0.5, 0.6) is 5.75 Å². The molecule has 0 saturated carbocycles. The van der Waals surface area contributed by atoms with E-state index < -0.39 is 0 Å². The maximum absolute atomic E-state index is 12.4. The third kappa shape index (κ3) is 4.44. The summed E-state index contributed by atoms with van der Waals surface area (Å²) in [6.45, 7) is 3.36. The molecule has 0 aliphatic carbocycles. The first-order chi connectivity index (χ1) is 12.2. The normalized spacial score (nSPS) is 21.2. The SMILES string of the molecule is CNC(=O)N1CCC(C2CCN(C(=O)COc3ccccc3)C2)CC1. The average molecular weight is 345 g/mol. The maximum atomic E-state index is 12.4. The molecular weight excluding hydrogens is 318 g/mol. The minimum Gasteiger partial charge on any atom is -0.484 e. The minimum atomic E-state index is 0.0136. The number of amides is 3. The number of likely N-dealkylation sites (tertiary alicyclic amines) is 2. The first-order valence-corrected chi connectivity index (χ1v) is 9.09. The number of benzene rings is 1. The van der Waals surface area contributed by atoms with Gasteiger partial charge in [-0.15, -0.1) is 0 Å². The molecule has 1 N–H and O–H groups in total. The fourth-order valence-corrected chi connectivity index (χ4v) is 3.88. The van der Waals surface area contributed by atoms with Crippen molar-refractivity contribution in [2.45, 2.75) is 19.3 Å². The van der Waals surface area contributed by atoms with Gasteiger partial charge in [0.1, 0.15) is 5.75 Å². The zero-order valence-corrected chi connectivity index (χ0v) is 14.8. The standard InChI is InChI=1S/C19H27N3O3/c1-20-19(24)21-10-7-15(8-11-21)16-9-12-22(13-16)18(23)14-25-17-5-3-2-4-6-17/h2-6,15-16H,7-14H2,1H3,(H,20,24). The van der Waals surface area contributed by atoms with Crippen LogP contribution in [0.25, 0.3) is 0 Å². The Balaban J connectivity index is 1.42. The van der Waals surface area contributed by atoms with E-state index in [4.69, 9.17) is 4.74 Å². The van der Waals surface area contributed by atoms with Crippen molar-refractivity contribution in [3.05, 3.63) is 30.3 Å². The van der Waals surface area contributed by atoms with Gasteiger partial charge in [0, 0.05) is 33.2 Å². The monoisotopic (exact) mass is 345 g/mol. The molecule has 3 amide bonds. The van der Waals surface area contributed by atoms with Gasteiger partial charge in [-0.3, -0.25) is 4.79 Å². The van der Waals surface area contributed by atoms with Crippen molar-refractivity contribution in [1.29, 1.82) is 0 Å². The third-order valence-corrected chi connectivity index (χ3v) is 5.39. The van der Waals surface area contributed by atoms with E-state index in [2.05, 4.69) is 5.32 Å². The van der Waals surface area contributed by atoms with Crippen molar-refractivity contribution in [2.24, 2.45) is 11.8 Å². The molecule has 3 rings (SSSR count). The number of para-hydroxylation sites is 1. The maximum Gasteiger partial charge on any atom is 0.317 e. The minimum absolute atomic E-state index is 0.0136. The van der Waals surface area contributed by atoms with Crippen LogP contribution >= 0.6 is 0 Å². The Hall–Kier alpha value is -2.24. The zero-order valence-electron chi connectivity index (χ0n) is 14.8. The number of carbonyl (C=O) groups excluding carboxylic acids is 2. The highest BCUT2D eigenvalue weighted by atomic mass is 16.5. The van der Waals surface area contributed by atoms with Crippen molar-refractivity contribution in [1.82, 2.24) is 15.1 Å². The van der Waals surface area contributed by atoms with E-state index >= 15 is 0 Å². The molecule has 6 heteroatoms. The number of rotatable bonds is 4. The molecule has 2 aliphatic heterocycles. The lowest BCUT2D eigenvalue weighted by Crippen LogP contribution is -2.44. The lowest BCUT2D eigenvalue weighted by Gasteiger charge is -2.34. The number of piperidine rings is 1. The van der Waals surface area contributed by atoms with Gasteiger partial charge in [0.25, 0.3) is 5.91 Å². The number of ether oxygens (including phenoxy) is 1. The summed E-state index contributed by atoms with van der Waals surface area (Å²) in [5, 5.41) is 2.69. The van der Waals surface area contributed by atoms with Crippen molar-refractivity contribution in [3.8, 4) is 5.75 Å². The van der Waals surface area contributed by atoms with Crippen LogP contribution in [-0.2, 0) is 4.79 Å². The Morgan fingerprint density at radius 3 is 2.36 bits per heavy atom. The summed E-state index contributed by atoms with van der Waals surface area (Å²) in [4.78, 5) is 27.8. The van der Waals surface area contributed by atoms with Crippen LogP contribution in [0.15, 0.2) is 30.3 Å². The van der Waals surface area contributed by atoms with Gasteiger partial charge in [-0.05, 0) is 43.2 Å². The van der Waals surface area contributed by atoms with Crippen molar-refractivity contribution >= 4 is 11.9 Å². The Labute approximate surface area is 149 Å². The van der Waals surface area contributed by atoms with Gasteiger partial charge in [0.05, 0.1) is 0 Å². The summed E-state index contributed by atoms with van der Waals surface area (Å²) in [6.07, 6.45) is 3.11. The van der Waals surface area contributed by atoms with E-state index in [9.17, 15) is 9.59 Å². The highest BCUT2D eigenvalue weighted by Gasteiger charge is 2.34. The fraction of sp³-hybridized carbons (Fsp3) is 0.579. The average Bonchev–Trinajstić information content (AvgIpc) is 3.17. The van der Waals surface area contributed by atoms with E-state index in [1.54, 1.807) is 7.05 Å². The smallest absolute Gasteiger partial charge is 0.317 e. The topological polar surface area (TPSA) is 61.9 Å². The van der Waals surface area contributed by atoms with Crippen LogP contribution in [0.4, 0.5) is 4.79 Å². The molecule has 136 valence electrons. The van der Waals surface area contributed by atoms with E-state index in [0.717, 1.165) is 51.2 Å². The summed E-state index contributed by atoms with van der Waals surface area (Å²) >= 11 is 0. The van der Waals surface area contributed by atoms with E-state index in [0.29, 0.717) is 11.8 Å². The van der Waals surface area contributed by atoms with Gasteiger partial charge in [-0.1, -0.05) is 18.2 Å². The first-order valence-electron chi connectivity index (χ1n) is 9.09. The van der Waals surface area contributed by atoms with E-state index in [1.165, 1.54) is 0 Å². The van der Waals surface area contributed by atoms with Crippen LogP contribution in [-0.4, -0.2) is 61.6 Å². The number of carbonyl (C=O) groups is 2. The second kappa shape index (κ2) is 8.23. The summed E-state index contributed by atoms with van der Waals surface area (Å²) in [6, 6.07) is 9.46. The van der Waals surface area contributed by atoms with Gasteiger partial charge in [-0.25, -0.2) is 4.79 Å². The molecule has 0 bridgehead atoms. The van der Waals surface area contributed by atoms with Gasteiger partial charge in [-0.2, -0.15) is 0 Å². The van der Waals surface area contributed by atoms with Gasteiger partial charge in [0.15, 0.2) is 6.61 Å². The molecular formula is C19H27N3O3. The number of urea groups is 1. The molecule has 1 aromatic carbocycles. The Bertz CT molecular complexity index is 585. The van der Waals surface area contributed by atoms with Gasteiger partial charge >= 0.3 is 6.03 Å². The summed E-state index contributed by atoms with van der Waals surface area (Å²) < 4.78 is 5.57. The Morgan fingerprint density at radius 1 is 1.04 bits per heavy atom. The molecule has 0 spiro atoms. The number of nitrogens with zero attached hydrogens (tertiary/aromatic N) is 2. The second-order valence-electron chi connectivity index (χ2n) is 6.87. The lowest BCUT2D eigenvalue weighted by molar-refractivity contribution is -0.132. The molecule has 2 fully saturated rings. The third-order valence-electron chi connectivity index (χ3n) is 5.39. The van der Waals surface area contributed by atoms with Crippen molar-refractivity contribution in [3.63, 3.8) is 0 Å². The molecule has 1 unspecified atom stereocenters. The molecule has 1 aromatic rings. The van der Waals surface area contributed by atoms with Crippen LogP contribution < -0.4 is 10.1 Å². The number of hydrogen-bond donors (Lipinski definition) is 1. The number of hydrogen-bond acceptors (Lipinski definition) is 3. The van der Waals surface area contributed by atoms with E-state index in [1.807, 2.05) is 40.1 Å². The second-order valence-corrected chi connectivity index (χ2v) is 6.87. The Morgan fingerprint density at radius 2 is 1.68 bits per heavy atom. The zero-order chi connectivity index (χ0) is 17.6.